The molecule has 0 bridgehead atoms. The van der Waals surface area contributed by atoms with Gasteiger partial charge in [0.2, 0.25) is 0 Å². The van der Waals surface area contributed by atoms with Gasteiger partial charge in [0, 0.05) is 52.9 Å². The molecule has 0 fully saturated rings. The fraction of sp³-hybridized carbons (Fsp3) is 0.234. The second-order valence-electron chi connectivity index (χ2n) is 14.6. The maximum absolute atomic E-state index is 8.87. The van der Waals surface area contributed by atoms with Gasteiger partial charge in [-0.2, -0.15) is 0 Å². The smallest absolute Gasteiger partial charge is 0.129 e. The molecular weight excluding hydrogens is 801 g/mol. The molecular formula is C47H44IrN2O-2. The molecule has 0 saturated carbocycles. The molecule has 0 unspecified atom stereocenters. The third kappa shape index (κ3) is 7.99. The summed E-state index contributed by atoms with van der Waals surface area (Å²) >= 11 is 0. The molecule has 5 aromatic carbocycles. The van der Waals surface area contributed by atoms with Crippen LogP contribution in [0.1, 0.15) is 67.8 Å². The van der Waals surface area contributed by atoms with Gasteiger partial charge in [0.05, 0.1) is 5.58 Å². The van der Waals surface area contributed by atoms with Crippen molar-refractivity contribution in [2.45, 2.75) is 61.1 Å². The molecule has 8 aromatic rings. The summed E-state index contributed by atoms with van der Waals surface area (Å²) in [5.41, 5.74) is 3.38. The second kappa shape index (κ2) is 14.5. The SMILES string of the molecule is [2H]C([2H])([2H])c1cnc(-c2[c-]ccc3c2oc2c3ccc3ccc4ccccc4c32)cc1C([2H])([2H])C(C)(C)C.[2H]C([2H])(c1ccc(-c2[c-]cccc2)nc1)C(C)(C)C.[Ir]. The van der Waals surface area contributed by atoms with Crippen LogP contribution in [0.3, 0.4) is 0 Å². The van der Waals surface area contributed by atoms with Crippen LogP contribution in [0.25, 0.3) is 66.0 Å². The number of fused-ring (bicyclic) bond motifs is 7. The average molecular weight is 852 g/mol. The van der Waals surface area contributed by atoms with Gasteiger partial charge >= 0.3 is 0 Å². The first-order valence-corrected chi connectivity index (χ1v) is 16.8. The number of aryl methyl sites for hydroxylation is 1. The molecule has 259 valence electrons. The van der Waals surface area contributed by atoms with Gasteiger partial charge in [-0.1, -0.05) is 125 Å². The number of aromatic nitrogens is 2. The van der Waals surface area contributed by atoms with Gasteiger partial charge in [-0.3, -0.25) is 0 Å². The van der Waals surface area contributed by atoms with Gasteiger partial charge in [-0.15, -0.1) is 54.1 Å². The Morgan fingerprint density at radius 2 is 1.39 bits per heavy atom. The molecule has 3 aromatic heterocycles. The van der Waals surface area contributed by atoms with E-state index in [0.717, 1.165) is 49.2 Å². The average Bonchev–Trinajstić information content (AvgIpc) is 3.56. The van der Waals surface area contributed by atoms with Crippen molar-refractivity contribution in [2.75, 3.05) is 0 Å². The van der Waals surface area contributed by atoms with Gasteiger partial charge in [-0.25, -0.2) is 0 Å². The second-order valence-corrected chi connectivity index (χ2v) is 14.6. The van der Waals surface area contributed by atoms with Crippen LogP contribution in [0.4, 0.5) is 0 Å². The first-order chi connectivity index (χ1) is 26.7. The van der Waals surface area contributed by atoms with Crippen LogP contribution in [0.5, 0.6) is 0 Å². The molecule has 0 spiro atoms. The number of furan rings is 1. The molecule has 0 atom stereocenters. The third-order valence-corrected chi connectivity index (χ3v) is 8.24. The zero-order valence-corrected chi connectivity index (χ0v) is 32.0. The molecule has 8 rings (SSSR count). The van der Waals surface area contributed by atoms with E-state index < -0.39 is 30.4 Å². The summed E-state index contributed by atoms with van der Waals surface area (Å²) < 4.78 is 64.8. The van der Waals surface area contributed by atoms with Gasteiger partial charge in [0.1, 0.15) is 5.58 Å². The quantitative estimate of drug-likeness (QED) is 0.131. The molecule has 3 heterocycles. The van der Waals surface area contributed by atoms with E-state index in [1.807, 2.05) is 75.4 Å². The Morgan fingerprint density at radius 1 is 0.667 bits per heavy atom. The summed E-state index contributed by atoms with van der Waals surface area (Å²) in [5, 5.41) is 6.17. The van der Waals surface area contributed by atoms with Crippen molar-refractivity contribution in [2.24, 2.45) is 10.8 Å². The molecule has 0 aliphatic rings. The van der Waals surface area contributed by atoms with Crippen molar-refractivity contribution in [1.29, 1.82) is 0 Å². The minimum Gasteiger partial charge on any atom is -0.500 e. The van der Waals surface area contributed by atoms with E-state index in [1.54, 1.807) is 39.1 Å². The van der Waals surface area contributed by atoms with Crippen molar-refractivity contribution < 1.29 is 34.1 Å². The number of rotatable bonds is 4. The number of nitrogens with zero attached hydrogens (tertiary/aromatic N) is 2. The maximum Gasteiger partial charge on any atom is 0.129 e. The van der Waals surface area contributed by atoms with Crippen molar-refractivity contribution in [3.63, 3.8) is 0 Å². The first kappa shape index (κ1) is 28.0. The summed E-state index contributed by atoms with van der Waals surface area (Å²) in [6, 6.07) is 39.5. The topological polar surface area (TPSA) is 38.9 Å². The summed E-state index contributed by atoms with van der Waals surface area (Å²) in [7, 11) is 0. The zero-order chi connectivity index (χ0) is 41.1. The molecule has 1 radical (unpaired) electrons. The summed E-state index contributed by atoms with van der Waals surface area (Å²) in [6.07, 6.45) is -0.425. The first-order valence-electron chi connectivity index (χ1n) is 20.3. The van der Waals surface area contributed by atoms with Crippen LogP contribution in [0.2, 0.25) is 0 Å². The summed E-state index contributed by atoms with van der Waals surface area (Å²) in [4.78, 5) is 8.84. The monoisotopic (exact) mass is 852 g/mol. The Kier molecular flexibility index (Phi) is 7.99. The van der Waals surface area contributed by atoms with Crippen LogP contribution in [0.15, 0.2) is 120 Å². The Labute approximate surface area is 325 Å². The summed E-state index contributed by atoms with van der Waals surface area (Å²) in [6.45, 7) is 8.46. The maximum atomic E-state index is 8.87. The van der Waals surface area contributed by atoms with Gasteiger partial charge in [0.15, 0.2) is 0 Å². The van der Waals surface area contributed by atoms with Gasteiger partial charge in [-0.05, 0) is 69.1 Å². The Balaban J connectivity index is 0.000000240. The van der Waals surface area contributed by atoms with Crippen molar-refractivity contribution in [3.8, 4) is 22.5 Å². The van der Waals surface area contributed by atoms with Crippen LogP contribution in [0, 0.1) is 29.8 Å². The largest absolute Gasteiger partial charge is 0.500 e. The molecule has 0 N–H and O–H groups in total. The Hall–Kier alpha value is -4.63. The van der Waals surface area contributed by atoms with Crippen molar-refractivity contribution >= 4 is 43.5 Å². The van der Waals surface area contributed by atoms with Crippen LogP contribution in [-0.4, -0.2) is 9.97 Å². The van der Waals surface area contributed by atoms with E-state index in [2.05, 4.69) is 58.5 Å². The van der Waals surface area contributed by atoms with Crippen LogP contribution in [-0.2, 0) is 32.9 Å². The van der Waals surface area contributed by atoms with Crippen LogP contribution < -0.4 is 0 Å². The van der Waals surface area contributed by atoms with E-state index in [9.17, 15) is 0 Å². The van der Waals surface area contributed by atoms with Crippen LogP contribution >= 0.6 is 0 Å². The predicted octanol–water partition coefficient (Wildman–Crippen LogP) is 12.8. The van der Waals surface area contributed by atoms with Crippen molar-refractivity contribution in [1.82, 2.24) is 9.97 Å². The zero-order valence-electron chi connectivity index (χ0n) is 36.6. The van der Waals surface area contributed by atoms with E-state index in [-0.39, 0.29) is 31.2 Å². The fourth-order valence-electron chi connectivity index (χ4n) is 6.19. The van der Waals surface area contributed by atoms with Gasteiger partial charge < -0.3 is 14.4 Å². The molecule has 4 heteroatoms. The minimum absolute atomic E-state index is 0. The molecule has 3 nitrogen and oxygen atoms in total. The predicted molar refractivity (Wildman–Crippen MR) is 210 cm³/mol. The number of hydrogen-bond donors (Lipinski definition) is 0. The van der Waals surface area contributed by atoms with E-state index in [0.29, 0.717) is 22.4 Å². The fourth-order valence-corrected chi connectivity index (χ4v) is 6.19. The molecule has 0 aliphatic heterocycles. The Morgan fingerprint density at radius 3 is 2.12 bits per heavy atom. The van der Waals surface area contributed by atoms with Gasteiger partial charge in [0.25, 0.3) is 0 Å². The molecule has 0 aliphatic carbocycles. The van der Waals surface area contributed by atoms with E-state index >= 15 is 0 Å². The molecule has 0 saturated heterocycles. The van der Waals surface area contributed by atoms with E-state index in [4.69, 9.17) is 14.0 Å². The summed E-state index contributed by atoms with van der Waals surface area (Å²) in [5.74, 6) is 0. The normalized spacial score (nSPS) is 14.7. The Bertz CT molecular complexity index is 2750. The van der Waals surface area contributed by atoms with Crippen molar-refractivity contribution in [3.05, 3.63) is 144 Å². The van der Waals surface area contributed by atoms with E-state index in [1.165, 1.54) is 6.20 Å². The number of hydrogen-bond acceptors (Lipinski definition) is 3. The number of benzene rings is 5. The molecule has 51 heavy (non-hydrogen) atoms. The minimum atomic E-state index is -2.51. The standard InChI is InChI=1S/C31H26NO.C16H18N.Ir/c1-19-18-32-27(16-22(19)17-31(2,3)4)26-11-7-10-24-25-15-14-21-13-12-20-8-5-6-9-23(20)28(21)30(25)33-29(24)26;1-16(2,3)11-13-9-10-15(17-12-13)14-7-5-4-6-8-14;/h5-10,12-16,18H,17H2,1-4H3;4-7,9-10,12H,11H2,1-3H3;/q2*-1;/i1D3,17D2;11D2;. The third-order valence-electron chi connectivity index (χ3n) is 8.24. The number of pyridine rings is 2. The molecule has 0 amide bonds.